The maximum Gasteiger partial charge on any atom is 0.258 e. The van der Waals surface area contributed by atoms with Gasteiger partial charge in [0.2, 0.25) is 5.82 Å². The Hall–Kier alpha value is -3.36. The first kappa shape index (κ1) is 21.5. The second-order valence-corrected chi connectivity index (χ2v) is 8.97. The quantitative estimate of drug-likeness (QED) is 0.383. The number of pyridine rings is 1. The molecule has 1 aliphatic heterocycles. The zero-order valence-corrected chi connectivity index (χ0v) is 19.2. The van der Waals surface area contributed by atoms with Gasteiger partial charge in [-0.05, 0) is 46.9 Å². The number of piperazine rings is 1. The van der Waals surface area contributed by atoms with Crippen LogP contribution < -0.4 is 15.4 Å². The van der Waals surface area contributed by atoms with Crippen molar-refractivity contribution in [3.8, 4) is 0 Å². The van der Waals surface area contributed by atoms with Gasteiger partial charge >= 0.3 is 0 Å². The number of nitrogens with zero attached hydrogens (tertiary/aromatic N) is 4. The molecule has 0 spiro atoms. The molecular formula is C25H31N7O+2. The average Bonchev–Trinajstić information content (AvgIpc) is 3.29. The van der Waals surface area contributed by atoms with Gasteiger partial charge in [0.15, 0.2) is 6.04 Å². The summed E-state index contributed by atoms with van der Waals surface area (Å²) in [6.07, 6.45) is 0. The molecule has 8 heteroatoms. The molecule has 3 heterocycles. The minimum absolute atomic E-state index is 0.0613. The van der Waals surface area contributed by atoms with E-state index in [0.29, 0.717) is 6.54 Å². The lowest BCUT2D eigenvalue weighted by molar-refractivity contribution is -1.02. The number of aromatic nitrogens is 5. The van der Waals surface area contributed by atoms with Crippen molar-refractivity contribution >= 4 is 10.9 Å². The summed E-state index contributed by atoms with van der Waals surface area (Å²) in [5.41, 5.74) is 3.75. The normalized spacial score (nSPS) is 19.6. The summed E-state index contributed by atoms with van der Waals surface area (Å²) in [6, 6.07) is 18.1. The Morgan fingerprint density at radius 3 is 2.61 bits per heavy atom. The Balaban J connectivity index is 1.60. The van der Waals surface area contributed by atoms with Gasteiger partial charge in [-0.15, -0.1) is 5.10 Å². The number of para-hydroxylation sites is 1. The van der Waals surface area contributed by atoms with Gasteiger partial charge in [-0.25, -0.2) is 4.68 Å². The van der Waals surface area contributed by atoms with Crippen molar-refractivity contribution in [2.45, 2.75) is 26.4 Å². The number of hydrogen-bond donors (Lipinski definition) is 3. The Labute approximate surface area is 192 Å². The van der Waals surface area contributed by atoms with Crippen LogP contribution in [0.4, 0.5) is 0 Å². The highest BCUT2D eigenvalue weighted by atomic mass is 16.1. The highest BCUT2D eigenvalue weighted by molar-refractivity contribution is 5.82. The number of nitrogens with one attached hydrogen (secondary N) is 3. The number of aromatic amines is 1. The van der Waals surface area contributed by atoms with Crippen LogP contribution in [-0.2, 0) is 6.54 Å². The molecule has 0 radical (unpaired) electrons. The number of aryl methyl sites for hydroxylation is 1. The molecular weight excluding hydrogens is 414 g/mol. The number of rotatable bonds is 6. The molecule has 3 N–H and O–H groups in total. The minimum Gasteiger partial charge on any atom is -0.326 e. The van der Waals surface area contributed by atoms with Crippen molar-refractivity contribution in [1.29, 1.82) is 0 Å². The molecule has 1 saturated heterocycles. The third-order valence-corrected chi connectivity index (χ3v) is 6.93. The maximum atomic E-state index is 13.4. The van der Waals surface area contributed by atoms with Crippen LogP contribution in [0, 0.1) is 6.92 Å². The van der Waals surface area contributed by atoms with Gasteiger partial charge in [0.25, 0.3) is 5.56 Å². The fraction of sp³-hybridized carbons (Fsp3) is 0.360. The van der Waals surface area contributed by atoms with E-state index >= 15 is 0 Å². The van der Waals surface area contributed by atoms with E-state index in [9.17, 15) is 4.79 Å². The van der Waals surface area contributed by atoms with Crippen molar-refractivity contribution in [3.05, 3.63) is 87.5 Å². The highest BCUT2D eigenvalue weighted by Gasteiger charge is 2.37. The summed E-state index contributed by atoms with van der Waals surface area (Å²) in [6.45, 7) is 10.0. The first-order valence-electron chi connectivity index (χ1n) is 11.7. The van der Waals surface area contributed by atoms with Crippen LogP contribution in [0.2, 0.25) is 0 Å². The molecule has 1 aliphatic rings. The first-order chi connectivity index (χ1) is 16.1. The SMILES string of the molecule is CC[NH+]1CC[NH+]([C@H](c2cc3cccc(C)c3[nH]c2=O)c2nnnn2Cc2ccccc2)CC1. The number of H-pyrrole nitrogens is 1. The summed E-state index contributed by atoms with van der Waals surface area (Å²) >= 11 is 0. The van der Waals surface area contributed by atoms with E-state index in [0.717, 1.165) is 66.1 Å². The lowest BCUT2D eigenvalue weighted by atomic mass is 10.0. The van der Waals surface area contributed by atoms with Crippen molar-refractivity contribution in [2.75, 3.05) is 32.7 Å². The molecule has 0 aliphatic carbocycles. The molecule has 0 bridgehead atoms. The van der Waals surface area contributed by atoms with Crippen LogP contribution in [-0.4, -0.2) is 57.9 Å². The van der Waals surface area contributed by atoms with Crippen LogP contribution >= 0.6 is 0 Å². The lowest BCUT2D eigenvalue weighted by Crippen LogP contribution is -3.28. The van der Waals surface area contributed by atoms with Gasteiger partial charge < -0.3 is 14.8 Å². The highest BCUT2D eigenvalue weighted by Crippen LogP contribution is 2.20. The molecule has 1 fully saturated rings. The summed E-state index contributed by atoms with van der Waals surface area (Å²) in [4.78, 5) is 19.5. The molecule has 8 nitrogen and oxygen atoms in total. The van der Waals surface area contributed by atoms with E-state index < -0.39 is 0 Å². The number of quaternary nitrogens is 2. The smallest absolute Gasteiger partial charge is 0.258 e. The summed E-state index contributed by atoms with van der Waals surface area (Å²) < 4.78 is 1.85. The van der Waals surface area contributed by atoms with Crippen molar-refractivity contribution in [2.24, 2.45) is 0 Å². The van der Waals surface area contributed by atoms with Crippen LogP contribution in [0.25, 0.3) is 10.9 Å². The van der Waals surface area contributed by atoms with Crippen molar-refractivity contribution in [1.82, 2.24) is 25.2 Å². The molecule has 33 heavy (non-hydrogen) atoms. The molecule has 0 saturated carbocycles. The van der Waals surface area contributed by atoms with Crippen LogP contribution in [0.15, 0.2) is 59.4 Å². The third kappa shape index (κ3) is 4.31. The largest absolute Gasteiger partial charge is 0.326 e. The first-order valence-corrected chi connectivity index (χ1v) is 11.7. The van der Waals surface area contributed by atoms with Gasteiger partial charge in [0, 0.05) is 0 Å². The predicted molar refractivity (Wildman–Crippen MR) is 126 cm³/mol. The number of benzene rings is 2. The predicted octanol–water partition coefficient (Wildman–Crippen LogP) is -0.236. The third-order valence-electron chi connectivity index (χ3n) is 6.93. The summed E-state index contributed by atoms with van der Waals surface area (Å²) in [5, 5.41) is 13.8. The van der Waals surface area contributed by atoms with Gasteiger partial charge in [-0.3, -0.25) is 4.79 Å². The number of likely N-dealkylation sites (N-methyl/N-ethyl adjacent to an activating group) is 1. The summed E-state index contributed by atoms with van der Waals surface area (Å²) in [7, 11) is 0. The van der Waals surface area contributed by atoms with E-state index in [1.54, 1.807) is 4.90 Å². The molecule has 5 rings (SSSR count). The Morgan fingerprint density at radius 2 is 1.85 bits per heavy atom. The van der Waals surface area contributed by atoms with Gasteiger partial charge in [-0.2, -0.15) is 0 Å². The molecule has 0 amide bonds. The molecule has 170 valence electrons. The molecule has 1 atom stereocenters. The summed E-state index contributed by atoms with van der Waals surface area (Å²) in [5.74, 6) is 0.742. The van der Waals surface area contributed by atoms with E-state index in [4.69, 9.17) is 0 Å². The van der Waals surface area contributed by atoms with E-state index in [-0.39, 0.29) is 11.6 Å². The Bertz CT molecular complexity index is 1290. The average molecular weight is 446 g/mol. The maximum absolute atomic E-state index is 13.4. The number of fused-ring (bicyclic) bond motifs is 1. The van der Waals surface area contributed by atoms with Gasteiger partial charge in [0.05, 0.1) is 24.2 Å². The molecule has 2 aromatic carbocycles. The van der Waals surface area contributed by atoms with Crippen molar-refractivity contribution in [3.63, 3.8) is 0 Å². The van der Waals surface area contributed by atoms with E-state index in [2.05, 4.69) is 45.6 Å². The second kappa shape index (κ2) is 9.25. The molecule has 4 aromatic rings. The van der Waals surface area contributed by atoms with E-state index in [1.807, 2.05) is 48.0 Å². The molecule has 0 unspecified atom stereocenters. The van der Waals surface area contributed by atoms with Crippen molar-refractivity contribution < 1.29 is 9.80 Å². The van der Waals surface area contributed by atoms with Crippen LogP contribution in [0.1, 0.15) is 35.5 Å². The van der Waals surface area contributed by atoms with Gasteiger partial charge in [0.1, 0.15) is 26.2 Å². The number of hydrogen-bond acceptors (Lipinski definition) is 4. The minimum atomic E-state index is -0.226. The molecule has 2 aromatic heterocycles. The van der Waals surface area contributed by atoms with Gasteiger partial charge in [-0.1, -0.05) is 48.5 Å². The Kier molecular flexibility index (Phi) is 6.02. The van der Waals surface area contributed by atoms with E-state index in [1.165, 1.54) is 4.90 Å². The Morgan fingerprint density at radius 1 is 1.06 bits per heavy atom. The second-order valence-electron chi connectivity index (χ2n) is 8.97. The van der Waals surface area contributed by atoms with Crippen LogP contribution in [0.3, 0.4) is 0 Å². The monoisotopic (exact) mass is 445 g/mol. The zero-order chi connectivity index (χ0) is 22.8. The zero-order valence-electron chi connectivity index (χ0n) is 19.2. The standard InChI is InChI=1S/C25H29N7O/c1-3-30-12-14-31(15-13-30)23(21-16-20-11-7-8-18(2)22(20)26-25(21)33)24-27-28-29-32(24)17-19-9-5-4-6-10-19/h4-11,16,23H,3,12-15,17H2,1-2H3,(H,26,33)/p+2/t23-/m1/s1. The van der Waals surface area contributed by atoms with Crippen LogP contribution in [0.5, 0.6) is 0 Å². The topological polar surface area (TPSA) is 85.3 Å². The number of tetrazole rings is 1. The lowest BCUT2D eigenvalue weighted by Gasteiger charge is -2.33. The fourth-order valence-electron chi connectivity index (χ4n) is 5.01. The fourth-order valence-corrected chi connectivity index (χ4v) is 5.01.